The Morgan fingerprint density at radius 2 is 2.09 bits per heavy atom. The molecular formula is C22H26N8O3. The predicted octanol–water partition coefficient (Wildman–Crippen LogP) is 1.73. The van der Waals surface area contributed by atoms with Crippen molar-refractivity contribution in [3.63, 3.8) is 0 Å². The number of fused-ring (bicyclic) bond motifs is 1. The molecule has 1 aliphatic heterocycles. The number of carbonyl (C=O) groups is 1. The highest BCUT2D eigenvalue weighted by Crippen LogP contribution is 2.37. The quantitative estimate of drug-likeness (QED) is 0.358. The topological polar surface area (TPSA) is 160 Å². The Kier molecular flexibility index (Phi) is 6.07. The van der Waals surface area contributed by atoms with E-state index in [9.17, 15) is 9.90 Å². The van der Waals surface area contributed by atoms with Crippen LogP contribution in [0.15, 0.2) is 30.5 Å². The molecule has 0 fully saturated rings. The molecule has 0 unspecified atom stereocenters. The first kappa shape index (κ1) is 22.4. The zero-order chi connectivity index (χ0) is 23.6. The summed E-state index contributed by atoms with van der Waals surface area (Å²) in [7, 11) is 1.60. The van der Waals surface area contributed by atoms with Crippen molar-refractivity contribution in [2.24, 2.45) is 5.73 Å². The summed E-state index contributed by atoms with van der Waals surface area (Å²) in [5, 5.41) is 27.0. The van der Waals surface area contributed by atoms with Crippen LogP contribution in [0, 0.1) is 0 Å². The van der Waals surface area contributed by atoms with Gasteiger partial charge < -0.3 is 31.5 Å². The third-order valence-corrected chi connectivity index (χ3v) is 5.50. The number of amides is 1. The molecule has 0 bridgehead atoms. The highest BCUT2D eigenvalue weighted by atomic mass is 16.5. The second-order valence-electron chi connectivity index (χ2n) is 8.31. The van der Waals surface area contributed by atoms with Gasteiger partial charge in [0.15, 0.2) is 11.5 Å². The van der Waals surface area contributed by atoms with Crippen LogP contribution in [-0.2, 0) is 18.6 Å². The lowest BCUT2D eigenvalue weighted by Crippen LogP contribution is -2.38. The Morgan fingerprint density at radius 3 is 2.82 bits per heavy atom. The molecule has 11 heteroatoms. The van der Waals surface area contributed by atoms with Crippen molar-refractivity contribution in [1.29, 1.82) is 0 Å². The van der Waals surface area contributed by atoms with E-state index in [4.69, 9.17) is 10.5 Å². The molecule has 11 nitrogen and oxygen atoms in total. The Labute approximate surface area is 190 Å². The number of nitrogens with two attached hydrogens (primary N) is 1. The van der Waals surface area contributed by atoms with Crippen molar-refractivity contribution in [3.8, 4) is 5.75 Å². The molecule has 6 N–H and O–H groups in total. The molecular weight excluding hydrogens is 424 g/mol. The van der Waals surface area contributed by atoms with Crippen LogP contribution in [0.2, 0.25) is 0 Å². The lowest BCUT2D eigenvalue weighted by atomic mass is 9.79. The molecule has 0 spiro atoms. The average molecular weight is 451 g/mol. The number of rotatable bonds is 7. The van der Waals surface area contributed by atoms with E-state index in [1.54, 1.807) is 25.4 Å². The van der Waals surface area contributed by atoms with Gasteiger partial charge in [-0.15, -0.1) is 10.2 Å². The van der Waals surface area contributed by atoms with Gasteiger partial charge >= 0.3 is 0 Å². The maximum atomic E-state index is 11.9. The number of primary amides is 1. The minimum atomic E-state index is -0.801. The molecule has 0 saturated carbocycles. The SMILES string of the molecule is COc1cc2c(cc1Nc1nnc(C(N)=O)c(Nc3ncccc3CO)n1)CNCC2(C)C. The number of carbonyl (C=O) groups excluding carboxylic acids is 1. The summed E-state index contributed by atoms with van der Waals surface area (Å²) in [6, 6.07) is 7.39. The Bertz CT molecular complexity index is 1200. The van der Waals surface area contributed by atoms with E-state index in [2.05, 4.69) is 50.0 Å². The predicted molar refractivity (Wildman–Crippen MR) is 123 cm³/mol. The second kappa shape index (κ2) is 8.96. The van der Waals surface area contributed by atoms with Crippen LogP contribution >= 0.6 is 0 Å². The van der Waals surface area contributed by atoms with E-state index in [0.29, 0.717) is 22.8 Å². The largest absolute Gasteiger partial charge is 0.495 e. The van der Waals surface area contributed by atoms with Crippen LogP contribution in [0.5, 0.6) is 5.75 Å². The van der Waals surface area contributed by atoms with Gasteiger partial charge in [0.1, 0.15) is 11.6 Å². The van der Waals surface area contributed by atoms with Crippen LogP contribution in [0.1, 0.15) is 41.0 Å². The van der Waals surface area contributed by atoms with Crippen LogP contribution in [0.4, 0.5) is 23.3 Å². The molecule has 33 heavy (non-hydrogen) atoms. The molecule has 1 amide bonds. The van der Waals surface area contributed by atoms with Gasteiger partial charge in [-0.2, -0.15) is 4.98 Å². The summed E-state index contributed by atoms with van der Waals surface area (Å²) >= 11 is 0. The Morgan fingerprint density at radius 1 is 1.27 bits per heavy atom. The van der Waals surface area contributed by atoms with Gasteiger partial charge in [0.2, 0.25) is 5.95 Å². The lowest BCUT2D eigenvalue weighted by Gasteiger charge is -2.34. The number of hydrogen-bond donors (Lipinski definition) is 5. The van der Waals surface area contributed by atoms with Crippen LogP contribution < -0.4 is 26.4 Å². The normalized spacial score (nSPS) is 14.3. The third kappa shape index (κ3) is 4.54. The number of nitrogens with one attached hydrogen (secondary N) is 3. The molecule has 1 aliphatic rings. The molecule has 2 aromatic heterocycles. The maximum Gasteiger partial charge on any atom is 0.273 e. The fraction of sp³-hybridized carbons (Fsp3) is 0.318. The van der Waals surface area contributed by atoms with E-state index in [0.717, 1.165) is 18.7 Å². The standard InChI is InChI=1S/C22H26N8O3/c1-22(2)11-24-9-13-7-15(16(33-3)8-14(13)22)26-21-28-20(17(18(23)32)29-30-21)27-19-12(10-31)5-4-6-25-19/h4-8,24,31H,9-11H2,1-3H3,(H2,23,32)(H2,25,26,27,28,30). The summed E-state index contributed by atoms with van der Waals surface area (Å²) < 4.78 is 5.61. The first-order valence-electron chi connectivity index (χ1n) is 10.4. The summed E-state index contributed by atoms with van der Waals surface area (Å²) in [5.74, 6) is 0.352. The number of methoxy groups -OCH3 is 1. The number of aromatic nitrogens is 4. The van der Waals surface area contributed by atoms with E-state index < -0.39 is 5.91 Å². The first-order valence-corrected chi connectivity index (χ1v) is 10.4. The highest BCUT2D eigenvalue weighted by Gasteiger charge is 2.29. The number of aliphatic hydroxyl groups excluding tert-OH is 1. The molecule has 4 rings (SSSR count). The highest BCUT2D eigenvalue weighted by molar-refractivity contribution is 5.96. The van der Waals surface area contributed by atoms with Crippen LogP contribution in [0.3, 0.4) is 0 Å². The average Bonchev–Trinajstić information content (AvgIpc) is 2.79. The fourth-order valence-electron chi connectivity index (χ4n) is 3.82. The van der Waals surface area contributed by atoms with Crippen molar-refractivity contribution in [1.82, 2.24) is 25.5 Å². The molecule has 0 saturated heterocycles. The van der Waals surface area contributed by atoms with Gasteiger partial charge in [0, 0.05) is 30.3 Å². The van der Waals surface area contributed by atoms with Gasteiger partial charge in [-0.3, -0.25) is 4.79 Å². The molecule has 0 aliphatic carbocycles. The number of pyridine rings is 1. The number of ether oxygens (including phenoxy) is 1. The van der Waals surface area contributed by atoms with Crippen LogP contribution in [0.25, 0.3) is 0 Å². The number of hydrogen-bond acceptors (Lipinski definition) is 10. The minimum absolute atomic E-state index is 0.0369. The van der Waals surface area contributed by atoms with E-state index in [1.165, 1.54) is 5.56 Å². The molecule has 0 atom stereocenters. The van der Waals surface area contributed by atoms with Gasteiger partial charge in [-0.05, 0) is 29.3 Å². The number of benzene rings is 1. The summed E-state index contributed by atoms with van der Waals surface area (Å²) in [6.45, 7) is 5.71. The second-order valence-corrected chi connectivity index (χ2v) is 8.31. The molecule has 3 aromatic rings. The first-order chi connectivity index (χ1) is 15.8. The smallest absolute Gasteiger partial charge is 0.273 e. The van der Waals surface area contributed by atoms with Crippen molar-refractivity contribution < 1.29 is 14.6 Å². The van der Waals surface area contributed by atoms with E-state index in [1.807, 2.05) is 12.1 Å². The van der Waals surface area contributed by atoms with Gasteiger partial charge in [-0.25, -0.2) is 4.98 Å². The van der Waals surface area contributed by atoms with E-state index in [-0.39, 0.29) is 29.5 Å². The zero-order valence-corrected chi connectivity index (χ0v) is 18.6. The van der Waals surface area contributed by atoms with Crippen molar-refractivity contribution in [3.05, 3.63) is 52.8 Å². The van der Waals surface area contributed by atoms with Crippen molar-refractivity contribution in [2.45, 2.75) is 32.4 Å². The fourth-order valence-corrected chi connectivity index (χ4v) is 3.82. The lowest BCUT2D eigenvalue weighted by molar-refractivity contribution is 0.0995. The van der Waals surface area contributed by atoms with Gasteiger partial charge in [0.25, 0.3) is 5.91 Å². The third-order valence-electron chi connectivity index (χ3n) is 5.50. The van der Waals surface area contributed by atoms with Crippen LogP contribution in [-0.4, -0.2) is 44.8 Å². The Hall–Kier alpha value is -3.83. The molecule has 172 valence electrons. The van der Waals surface area contributed by atoms with Gasteiger partial charge in [0.05, 0.1) is 19.4 Å². The molecule has 3 heterocycles. The summed E-state index contributed by atoms with van der Waals surface area (Å²) in [4.78, 5) is 20.5. The van der Waals surface area contributed by atoms with Crippen molar-refractivity contribution in [2.75, 3.05) is 24.3 Å². The van der Waals surface area contributed by atoms with E-state index >= 15 is 0 Å². The monoisotopic (exact) mass is 450 g/mol. The number of nitrogens with zero attached hydrogens (tertiary/aromatic N) is 4. The maximum absolute atomic E-state index is 11.9. The zero-order valence-electron chi connectivity index (χ0n) is 18.6. The van der Waals surface area contributed by atoms with Gasteiger partial charge in [-0.1, -0.05) is 19.9 Å². The molecule has 1 aromatic carbocycles. The number of anilines is 4. The number of aliphatic hydroxyl groups is 1. The van der Waals surface area contributed by atoms with Crippen molar-refractivity contribution >= 4 is 29.2 Å². The minimum Gasteiger partial charge on any atom is -0.495 e. The Balaban J connectivity index is 1.71. The summed E-state index contributed by atoms with van der Waals surface area (Å²) in [5.41, 5.74) is 8.78. The molecule has 0 radical (unpaired) electrons. The summed E-state index contributed by atoms with van der Waals surface area (Å²) in [6.07, 6.45) is 1.55.